The molecule has 0 bridgehead atoms. The van der Waals surface area contributed by atoms with Gasteiger partial charge in [0.15, 0.2) is 5.82 Å². The average molecular weight is 235 g/mol. The molecule has 1 unspecified atom stereocenters. The molecule has 1 aromatic rings. The molecular formula is C10H13N5O2. The Morgan fingerprint density at radius 1 is 1.65 bits per heavy atom. The first-order chi connectivity index (χ1) is 8.06. The van der Waals surface area contributed by atoms with Crippen molar-refractivity contribution in [3.05, 3.63) is 27.9 Å². The third kappa shape index (κ3) is 1.69. The number of hydrogen-bond acceptors (Lipinski definition) is 5. The van der Waals surface area contributed by atoms with Gasteiger partial charge in [0, 0.05) is 12.2 Å². The van der Waals surface area contributed by atoms with Crippen LogP contribution in [0.3, 0.4) is 0 Å². The summed E-state index contributed by atoms with van der Waals surface area (Å²) in [5, 5.41) is 3.62. The number of rotatable bonds is 1. The minimum absolute atomic E-state index is 0.0465. The minimum atomic E-state index is -0.776. The average Bonchev–Trinajstić information content (AvgIpc) is 2.29. The molecule has 1 aromatic heterocycles. The third-order valence-corrected chi connectivity index (χ3v) is 2.91. The van der Waals surface area contributed by atoms with Crippen molar-refractivity contribution in [2.75, 3.05) is 0 Å². The van der Waals surface area contributed by atoms with Gasteiger partial charge in [0.05, 0.1) is 0 Å². The van der Waals surface area contributed by atoms with Crippen LogP contribution in [0.5, 0.6) is 0 Å². The Morgan fingerprint density at radius 2 is 2.35 bits per heavy atom. The molecule has 0 radical (unpaired) electrons. The Labute approximate surface area is 97.1 Å². The maximum Gasteiger partial charge on any atom is 0.266 e. The van der Waals surface area contributed by atoms with Gasteiger partial charge in [-0.05, 0) is 19.8 Å². The topological polar surface area (TPSA) is 116 Å². The summed E-state index contributed by atoms with van der Waals surface area (Å²) in [5.41, 5.74) is 5.13. The molecular weight excluding hydrogens is 222 g/mol. The molecule has 1 aliphatic heterocycles. The lowest BCUT2D eigenvalue weighted by Gasteiger charge is -2.24. The molecule has 4 N–H and O–H groups in total. The molecule has 2 rings (SSSR count). The van der Waals surface area contributed by atoms with Crippen LogP contribution in [0.15, 0.2) is 16.1 Å². The zero-order valence-electron chi connectivity index (χ0n) is 9.38. The SMILES string of the molecule is CC1CCC(=NN)c2ncc(C(N)=O)c(=O)n21. The summed E-state index contributed by atoms with van der Waals surface area (Å²) in [7, 11) is 0. The number of nitrogens with zero attached hydrogens (tertiary/aromatic N) is 3. The predicted octanol–water partition coefficient (Wildman–Crippen LogP) is -0.640. The van der Waals surface area contributed by atoms with Crippen LogP contribution in [0.2, 0.25) is 0 Å². The van der Waals surface area contributed by atoms with Crippen LogP contribution in [-0.2, 0) is 0 Å². The first-order valence-electron chi connectivity index (χ1n) is 5.24. The molecule has 0 aliphatic carbocycles. The zero-order valence-corrected chi connectivity index (χ0v) is 9.38. The van der Waals surface area contributed by atoms with Crippen LogP contribution < -0.4 is 17.1 Å². The largest absolute Gasteiger partial charge is 0.365 e. The van der Waals surface area contributed by atoms with Gasteiger partial charge in [0.2, 0.25) is 0 Å². The summed E-state index contributed by atoms with van der Waals surface area (Å²) in [6.07, 6.45) is 2.58. The highest BCUT2D eigenvalue weighted by Gasteiger charge is 2.25. The van der Waals surface area contributed by atoms with Crippen molar-refractivity contribution < 1.29 is 4.79 Å². The highest BCUT2D eigenvalue weighted by atomic mass is 16.2. The van der Waals surface area contributed by atoms with Gasteiger partial charge in [-0.2, -0.15) is 5.10 Å². The van der Waals surface area contributed by atoms with E-state index in [1.807, 2.05) is 6.92 Å². The number of carbonyl (C=O) groups is 1. The highest BCUT2D eigenvalue weighted by molar-refractivity contribution is 5.98. The Bertz CT molecular complexity index is 560. The van der Waals surface area contributed by atoms with Crippen LogP contribution in [-0.4, -0.2) is 21.2 Å². The van der Waals surface area contributed by atoms with Crippen molar-refractivity contribution in [2.45, 2.75) is 25.8 Å². The Kier molecular flexibility index (Phi) is 2.66. The lowest BCUT2D eigenvalue weighted by Crippen LogP contribution is -2.38. The van der Waals surface area contributed by atoms with Crippen LogP contribution in [0.25, 0.3) is 0 Å². The van der Waals surface area contributed by atoms with Gasteiger partial charge in [-0.1, -0.05) is 0 Å². The second-order valence-corrected chi connectivity index (χ2v) is 4.00. The van der Waals surface area contributed by atoms with Crippen LogP contribution >= 0.6 is 0 Å². The molecule has 2 heterocycles. The molecule has 0 fully saturated rings. The lowest BCUT2D eigenvalue weighted by molar-refractivity contribution is 0.0997. The van der Waals surface area contributed by atoms with Gasteiger partial charge in [0.1, 0.15) is 11.3 Å². The predicted molar refractivity (Wildman–Crippen MR) is 61.7 cm³/mol. The summed E-state index contributed by atoms with van der Waals surface area (Å²) in [6.45, 7) is 1.88. The summed E-state index contributed by atoms with van der Waals surface area (Å²) >= 11 is 0. The monoisotopic (exact) mass is 235 g/mol. The van der Waals surface area contributed by atoms with Crippen molar-refractivity contribution in [1.82, 2.24) is 9.55 Å². The van der Waals surface area contributed by atoms with E-state index in [0.717, 1.165) is 6.42 Å². The van der Waals surface area contributed by atoms with E-state index in [9.17, 15) is 9.59 Å². The number of hydrazone groups is 1. The van der Waals surface area contributed by atoms with Crippen LogP contribution in [0.1, 0.15) is 42.0 Å². The normalized spacial score (nSPS) is 21.2. The third-order valence-electron chi connectivity index (χ3n) is 2.91. The van der Waals surface area contributed by atoms with Gasteiger partial charge in [0.25, 0.3) is 11.5 Å². The number of aromatic nitrogens is 2. The van der Waals surface area contributed by atoms with Crippen molar-refractivity contribution in [3.8, 4) is 0 Å². The van der Waals surface area contributed by atoms with Crippen LogP contribution in [0, 0.1) is 0 Å². The van der Waals surface area contributed by atoms with E-state index in [1.165, 1.54) is 10.8 Å². The Morgan fingerprint density at radius 3 is 2.94 bits per heavy atom. The maximum absolute atomic E-state index is 12.1. The van der Waals surface area contributed by atoms with E-state index >= 15 is 0 Å². The van der Waals surface area contributed by atoms with Crippen LogP contribution in [0.4, 0.5) is 0 Å². The van der Waals surface area contributed by atoms with Crippen molar-refractivity contribution in [3.63, 3.8) is 0 Å². The Hall–Kier alpha value is -2.18. The first-order valence-corrected chi connectivity index (χ1v) is 5.24. The smallest absolute Gasteiger partial charge is 0.266 e. The van der Waals surface area contributed by atoms with E-state index in [0.29, 0.717) is 18.0 Å². The van der Waals surface area contributed by atoms with E-state index < -0.39 is 11.5 Å². The maximum atomic E-state index is 12.1. The van der Waals surface area contributed by atoms with Crippen molar-refractivity contribution >= 4 is 11.6 Å². The fraction of sp³-hybridized carbons (Fsp3) is 0.400. The van der Waals surface area contributed by atoms with E-state index in [2.05, 4.69) is 10.1 Å². The van der Waals surface area contributed by atoms with Crippen molar-refractivity contribution in [2.24, 2.45) is 16.7 Å². The van der Waals surface area contributed by atoms with Crippen molar-refractivity contribution in [1.29, 1.82) is 0 Å². The second-order valence-electron chi connectivity index (χ2n) is 4.00. The molecule has 0 saturated carbocycles. The number of primary amides is 1. The van der Waals surface area contributed by atoms with Gasteiger partial charge in [-0.3, -0.25) is 14.2 Å². The summed E-state index contributed by atoms with van der Waals surface area (Å²) in [6, 6.07) is -0.0465. The summed E-state index contributed by atoms with van der Waals surface area (Å²) in [5.74, 6) is 4.89. The number of fused-ring (bicyclic) bond motifs is 1. The van der Waals surface area contributed by atoms with Gasteiger partial charge < -0.3 is 11.6 Å². The van der Waals surface area contributed by atoms with Gasteiger partial charge in [-0.25, -0.2) is 4.98 Å². The second kappa shape index (κ2) is 4.00. The molecule has 1 aliphatic rings. The quantitative estimate of drug-likeness (QED) is 0.497. The molecule has 0 spiro atoms. The number of carbonyl (C=O) groups excluding carboxylic acids is 1. The molecule has 90 valence electrons. The molecule has 17 heavy (non-hydrogen) atoms. The van der Waals surface area contributed by atoms with E-state index in [-0.39, 0.29) is 11.6 Å². The van der Waals surface area contributed by atoms with Gasteiger partial charge in [-0.15, -0.1) is 0 Å². The Balaban J connectivity index is 2.73. The molecule has 0 aromatic carbocycles. The molecule has 7 heteroatoms. The fourth-order valence-corrected chi connectivity index (χ4v) is 1.97. The highest BCUT2D eigenvalue weighted by Crippen LogP contribution is 2.21. The number of amides is 1. The van der Waals surface area contributed by atoms with Gasteiger partial charge >= 0.3 is 0 Å². The standard InChI is InChI=1S/C10H13N5O2/c1-5-2-3-7(14-12)9-13-4-6(8(11)16)10(17)15(5)9/h4-5H,2-3,12H2,1H3,(H2,11,16). The molecule has 1 atom stereocenters. The number of nitrogens with two attached hydrogens (primary N) is 2. The zero-order chi connectivity index (χ0) is 12.6. The summed E-state index contributed by atoms with van der Waals surface area (Å²) < 4.78 is 1.43. The summed E-state index contributed by atoms with van der Waals surface area (Å²) in [4.78, 5) is 27.2. The molecule has 1 amide bonds. The first kappa shape index (κ1) is 11.3. The molecule has 0 saturated heterocycles. The molecule has 7 nitrogen and oxygen atoms in total. The number of hydrogen-bond donors (Lipinski definition) is 2. The minimum Gasteiger partial charge on any atom is -0.365 e. The fourth-order valence-electron chi connectivity index (χ4n) is 1.97. The van der Waals surface area contributed by atoms with E-state index in [1.54, 1.807) is 0 Å². The lowest BCUT2D eigenvalue weighted by atomic mass is 10.0. The van der Waals surface area contributed by atoms with E-state index in [4.69, 9.17) is 11.6 Å².